The number of carbonyl (C=O) groups is 2. The third kappa shape index (κ3) is 2.35. The second-order valence-corrected chi connectivity index (χ2v) is 4.81. The average Bonchev–Trinajstić information content (AvgIpc) is 2.75. The number of ketones is 2. The topological polar surface area (TPSA) is 73.7 Å². The summed E-state index contributed by atoms with van der Waals surface area (Å²) >= 11 is 0. The van der Waals surface area contributed by atoms with E-state index in [1.807, 2.05) is 37.3 Å². The normalized spacial score (nSPS) is 12.1. The highest BCUT2D eigenvalue weighted by molar-refractivity contribution is 6.18. The van der Waals surface area contributed by atoms with Gasteiger partial charge in [0, 0.05) is 28.6 Å². The number of carbonyl (C=O) groups excluding carboxylic acids is 2. The summed E-state index contributed by atoms with van der Waals surface area (Å²) in [5, 5.41) is 9.92. The number of para-hydroxylation sites is 1. The number of H-pyrrole nitrogens is 1. The Labute approximate surface area is 117 Å². The largest absolute Gasteiger partial charge is 0.358 e. The van der Waals surface area contributed by atoms with Crippen molar-refractivity contribution in [3.8, 4) is 6.07 Å². The van der Waals surface area contributed by atoms with Crippen LogP contribution in [0, 0.1) is 24.2 Å². The van der Waals surface area contributed by atoms with Gasteiger partial charge in [0.05, 0.1) is 6.07 Å². The number of hydrogen-bond donors (Lipinski definition) is 1. The Morgan fingerprint density at radius 3 is 2.70 bits per heavy atom. The van der Waals surface area contributed by atoms with Crippen LogP contribution in [0.2, 0.25) is 0 Å². The Hall–Kier alpha value is -2.41. The Morgan fingerprint density at radius 2 is 2.05 bits per heavy atom. The quantitative estimate of drug-likeness (QED) is 0.668. The molecule has 0 amide bonds. The van der Waals surface area contributed by atoms with E-state index in [1.165, 1.54) is 0 Å². The standard InChI is InChI=1S/C16H16N2O2/c1-3-6-14(19)12(9-17)16(20)15-10(2)18-13-8-5-4-7-11(13)15/h4-5,7-8,12,18H,3,6H2,1-2H3. The second-order valence-electron chi connectivity index (χ2n) is 4.81. The van der Waals surface area contributed by atoms with Gasteiger partial charge in [-0.15, -0.1) is 0 Å². The summed E-state index contributed by atoms with van der Waals surface area (Å²) in [6.07, 6.45) is 0.891. The maximum Gasteiger partial charge on any atom is 0.189 e. The predicted octanol–water partition coefficient (Wildman–Crippen LogP) is 3.17. The molecule has 1 aromatic carbocycles. The fourth-order valence-corrected chi connectivity index (χ4v) is 2.41. The molecule has 0 aliphatic carbocycles. The predicted molar refractivity (Wildman–Crippen MR) is 76.4 cm³/mol. The number of nitrogens with zero attached hydrogens (tertiary/aromatic N) is 1. The summed E-state index contributed by atoms with van der Waals surface area (Å²) in [6, 6.07) is 9.25. The molecule has 1 N–H and O–H groups in total. The number of benzene rings is 1. The summed E-state index contributed by atoms with van der Waals surface area (Å²) < 4.78 is 0. The van der Waals surface area contributed by atoms with Gasteiger partial charge in [-0.2, -0.15) is 5.26 Å². The van der Waals surface area contributed by atoms with E-state index in [4.69, 9.17) is 5.26 Å². The van der Waals surface area contributed by atoms with Crippen LogP contribution in [0.15, 0.2) is 24.3 Å². The van der Waals surface area contributed by atoms with Crippen molar-refractivity contribution in [1.29, 1.82) is 5.26 Å². The van der Waals surface area contributed by atoms with Gasteiger partial charge in [0.1, 0.15) is 0 Å². The van der Waals surface area contributed by atoms with Gasteiger partial charge >= 0.3 is 0 Å². The molecule has 102 valence electrons. The van der Waals surface area contributed by atoms with Crippen LogP contribution in [-0.4, -0.2) is 16.6 Å². The number of hydrogen-bond acceptors (Lipinski definition) is 3. The van der Waals surface area contributed by atoms with Crippen molar-refractivity contribution in [2.24, 2.45) is 5.92 Å². The van der Waals surface area contributed by atoms with E-state index in [-0.39, 0.29) is 12.2 Å². The first kappa shape index (κ1) is 14.0. The van der Waals surface area contributed by atoms with Crippen molar-refractivity contribution < 1.29 is 9.59 Å². The molecular formula is C16H16N2O2. The number of fused-ring (bicyclic) bond motifs is 1. The van der Waals surface area contributed by atoms with Crippen molar-refractivity contribution in [2.75, 3.05) is 0 Å². The van der Waals surface area contributed by atoms with E-state index in [2.05, 4.69) is 4.98 Å². The lowest BCUT2D eigenvalue weighted by atomic mass is 9.91. The van der Waals surface area contributed by atoms with Gasteiger partial charge in [-0.05, 0) is 19.4 Å². The molecule has 0 spiro atoms. The smallest absolute Gasteiger partial charge is 0.189 e. The fraction of sp³-hybridized carbons (Fsp3) is 0.312. The van der Waals surface area contributed by atoms with Crippen molar-refractivity contribution in [3.05, 3.63) is 35.5 Å². The second kappa shape index (κ2) is 5.70. The zero-order valence-corrected chi connectivity index (χ0v) is 11.6. The van der Waals surface area contributed by atoms with E-state index < -0.39 is 11.7 Å². The number of nitrogens with one attached hydrogen (secondary N) is 1. The summed E-state index contributed by atoms with van der Waals surface area (Å²) in [4.78, 5) is 27.5. The number of nitriles is 1. The number of rotatable bonds is 5. The van der Waals surface area contributed by atoms with Crippen LogP contribution in [-0.2, 0) is 4.79 Å². The molecule has 0 radical (unpaired) electrons. The number of aryl methyl sites for hydroxylation is 1. The van der Waals surface area contributed by atoms with Crippen LogP contribution >= 0.6 is 0 Å². The first-order valence-corrected chi connectivity index (χ1v) is 6.64. The van der Waals surface area contributed by atoms with Gasteiger partial charge < -0.3 is 4.98 Å². The molecule has 0 fully saturated rings. The van der Waals surface area contributed by atoms with Gasteiger partial charge in [-0.25, -0.2) is 0 Å². The summed E-state index contributed by atoms with van der Waals surface area (Å²) in [7, 11) is 0. The average molecular weight is 268 g/mol. The van der Waals surface area contributed by atoms with Crippen LogP contribution in [0.25, 0.3) is 10.9 Å². The highest BCUT2D eigenvalue weighted by atomic mass is 16.1. The molecule has 4 heteroatoms. The summed E-state index contributed by atoms with van der Waals surface area (Å²) in [5.74, 6) is -1.90. The lowest BCUT2D eigenvalue weighted by Gasteiger charge is -2.07. The molecule has 4 nitrogen and oxygen atoms in total. The minimum absolute atomic E-state index is 0.255. The molecule has 0 saturated carbocycles. The van der Waals surface area contributed by atoms with Gasteiger partial charge in [-0.1, -0.05) is 25.1 Å². The van der Waals surface area contributed by atoms with Gasteiger partial charge in [0.25, 0.3) is 0 Å². The third-order valence-electron chi connectivity index (χ3n) is 3.35. The van der Waals surface area contributed by atoms with Crippen molar-refractivity contribution in [3.63, 3.8) is 0 Å². The first-order valence-electron chi connectivity index (χ1n) is 6.64. The summed E-state index contributed by atoms with van der Waals surface area (Å²) in [5.41, 5.74) is 1.99. The first-order chi connectivity index (χ1) is 9.60. The van der Waals surface area contributed by atoms with Crippen LogP contribution < -0.4 is 0 Å². The zero-order valence-electron chi connectivity index (χ0n) is 11.6. The Morgan fingerprint density at radius 1 is 1.35 bits per heavy atom. The molecule has 0 aliphatic heterocycles. The van der Waals surface area contributed by atoms with Gasteiger partial charge in [0.15, 0.2) is 17.5 Å². The van der Waals surface area contributed by atoms with Crippen molar-refractivity contribution in [2.45, 2.75) is 26.7 Å². The van der Waals surface area contributed by atoms with Crippen molar-refractivity contribution in [1.82, 2.24) is 4.98 Å². The highest BCUT2D eigenvalue weighted by Crippen LogP contribution is 2.25. The SMILES string of the molecule is CCCC(=O)C(C#N)C(=O)c1c(C)[nH]c2ccccc12. The molecule has 0 aliphatic rings. The minimum Gasteiger partial charge on any atom is -0.358 e. The highest BCUT2D eigenvalue weighted by Gasteiger charge is 2.29. The van der Waals surface area contributed by atoms with Crippen molar-refractivity contribution >= 4 is 22.5 Å². The minimum atomic E-state index is -1.20. The number of Topliss-reactive ketones (excluding diaryl/α,β-unsaturated/α-hetero) is 2. The lowest BCUT2D eigenvalue weighted by Crippen LogP contribution is -2.23. The maximum absolute atomic E-state index is 12.5. The van der Waals surface area contributed by atoms with E-state index in [1.54, 1.807) is 6.92 Å². The molecule has 20 heavy (non-hydrogen) atoms. The molecular weight excluding hydrogens is 252 g/mol. The Balaban J connectivity index is 2.48. The van der Waals surface area contributed by atoms with E-state index in [0.717, 1.165) is 10.9 Å². The van der Waals surface area contributed by atoms with E-state index in [9.17, 15) is 9.59 Å². The molecule has 1 atom stereocenters. The van der Waals surface area contributed by atoms with E-state index in [0.29, 0.717) is 17.7 Å². The number of aromatic amines is 1. The maximum atomic E-state index is 12.5. The molecule has 1 aromatic heterocycles. The lowest BCUT2D eigenvalue weighted by molar-refractivity contribution is -0.120. The number of aromatic nitrogens is 1. The Bertz CT molecular complexity index is 707. The Kier molecular flexibility index (Phi) is 3.99. The van der Waals surface area contributed by atoms with Gasteiger partial charge in [-0.3, -0.25) is 9.59 Å². The fourth-order valence-electron chi connectivity index (χ4n) is 2.41. The zero-order chi connectivity index (χ0) is 14.7. The molecule has 1 heterocycles. The van der Waals surface area contributed by atoms with Crippen LogP contribution in [0.3, 0.4) is 0 Å². The molecule has 1 unspecified atom stereocenters. The van der Waals surface area contributed by atoms with Crippen LogP contribution in [0.5, 0.6) is 0 Å². The third-order valence-corrected chi connectivity index (χ3v) is 3.35. The summed E-state index contributed by atoms with van der Waals surface area (Å²) in [6.45, 7) is 3.64. The van der Waals surface area contributed by atoms with Crippen LogP contribution in [0.1, 0.15) is 35.8 Å². The van der Waals surface area contributed by atoms with E-state index >= 15 is 0 Å². The van der Waals surface area contributed by atoms with Gasteiger partial charge in [0.2, 0.25) is 0 Å². The molecule has 0 saturated heterocycles. The molecule has 2 aromatic rings. The monoisotopic (exact) mass is 268 g/mol. The van der Waals surface area contributed by atoms with Crippen LogP contribution in [0.4, 0.5) is 0 Å². The molecule has 2 rings (SSSR count). The molecule has 0 bridgehead atoms.